The van der Waals surface area contributed by atoms with Crippen molar-refractivity contribution in [2.24, 2.45) is 0 Å². The van der Waals surface area contributed by atoms with Gasteiger partial charge in [-0.05, 0) is 36.4 Å². The van der Waals surface area contributed by atoms with Crippen LogP contribution in [0.15, 0.2) is 59.6 Å². The van der Waals surface area contributed by atoms with E-state index in [0.29, 0.717) is 46.1 Å². The number of aromatic nitrogens is 4. The summed E-state index contributed by atoms with van der Waals surface area (Å²) in [6.07, 6.45) is 1.63. The highest BCUT2D eigenvalue weighted by atomic mass is 35.5. The molecule has 0 radical (unpaired) electrons. The minimum atomic E-state index is -3.69. The third kappa shape index (κ3) is 4.15. The summed E-state index contributed by atoms with van der Waals surface area (Å²) < 4.78 is 29.1. The van der Waals surface area contributed by atoms with Gasteiger partial charge in [-0.2, -0.15) is 13.8 Å². The summed E-state index contributed by atoms with van der Waals surface area (Å²) >= 11 is 18.7. The average Bonchev–Trinajstić information content (AvgIpc) is 3.25. The van der Waals surface area contributed by atoms with Crippen LogP contribution in [0.3, 0.4) is 0 Å². The van der Waals surface area contributed by atoms with Crippen molar-refractivity contribution in [3.05, 3.63) is 69.8 Å². The van der Waals surface area contributed by atoms with E-state index < -0.39 is 10.0 Å². The van der Waals surface area contributed by atoms with E-state index in [-0.39, 0.29) is 23.0 Å². The Balaban J connectivity index is 1.41. The summed E-state index contributed by atoms with van der Waals surface area (Å²) in [6, 6.07) is 13.4. The Labute approximate surface area is 205 Å². The second kappa shape index (κ2) is 8.73. The maximum Gasteiger partial charge on any atom is 0.254 e. The summed E-state index contributed by atoms with van der Waals surface area (Å²) in [6.45, 7) is 1.41. The fourth-order valence-electron chi connectivity index (χ4n) is 3.74. The fourth-order valence-corrected chi connectivity index (χ4v) is 6.04. The van der Waals surface area contributed by atoms with Gasteiger partial charge in [-0.3, -0.25) is 0 Å². The molecule has 0 spiro atoms. The standard InChI is InChI=1S/C21H17Cl3N6O2S/c22-14-5-6-16(23)15(13-14)18-7-8-25-20-26-21(27-30(18)20)28-9-11-29(12-10-28)33(31,32)19-4-2-1-3-17(19)24/h1-8,13H,9-12H2. The van der Waals surface area contributed by atoms with Crippen molar-refractivity contribution in [1.29, 1.82) is 0 Å². The van der Waals surface area contributed by atoms with Gasteiger partial charge in [0.15, 0.2) is 0 Å². The number of sulfonamides is 1. The smallest absolute Gasteiger partial charge is 0.254 e. The maximum atomic E-state index is 13.0. The molecule has 33 heavy (non-hydrogen) atoms. The lowest BCUT2D eigenvalue weighted by atomic mass is 10.1. The summed E-state index contributed by atoms with van der Waals surface area (Å²) in [5.74, 6) is 0.868. The van der Waals surface area contributed by atoms with Crippen LogP contribution in [0.5, 0.6) is 0 Å². The molecule has 5 rings (SSSR count). The molecule has 170 valence electrons. The minimum Gasteiger partial charge on any atom is -0.337 e. The quantitative estimate of drug-likeness (QED) is 0.397. The van der Waals surface area contributed by atoms with Gasteiger partial charge in [0.25, 0.3) is 5.78 Å². The monoisotopic (exact) mass is 522 g/mol. The van der Waals surface area contributed by atoms with E-state index >= 15 is 0 Å². The molecule has 0 amide bonds. The van der Waals surface area contributed by atoms with Gasteiger partial charge in [0, 0.05) is 43.0 Å². The SMILES string of the molecule is O=S(=O)(c1ccccc1Cl)N1CCN(c2nc3nccc(-c4cc(Cl)ccc4Cl)n3n2)CC1. The Morgan fingerprint density at radius 2 is 1.64 bits per heavy atom. The van der Waals surface area contributed by atoms with Crippen LogP contribution >= 0.6 is 34.8 Å². The Morgan fingerprint density at radius 3 is 2.39 bits per heavy atom. The number of nitrogens with zero attached hydrogens (tertiary/aromatic N) is 6. The van der Waals surface area contributed by atoms with Gasteiger partial charge in [0.2, 0.25) is 16.0 Å². The molecule has 1 fully saturated rings. The number of piperazine rings is 1. The van der Waals surface area contributed by atoms with Crippen molar-refractivity contribution >= 4 is 56.6 Å². The maximum absolute atomic E-state index is 13.0. The van der Waals surface area contributed by atoms with E-state index in [1.807, 2.05) is 4.90 Å². The van der Waals surface area contributed by atoms with Crippen LogP contribution in [-0.2, 0) is 10.0 Å². The summed E-state index contributed by atoms with van der Waals surface area (Å²) in [4.78, 5) is 10.9. The van der Waals surface area contributed by atoms with Gasteiger partial charge in [-0.15, -0.1) is 5.10 Å². The van der Waals surface area contributed by atoms with E-state index in [4.69, 9.17) is 34.8 Å². The first-order valence-electron chi connectivity index (χ1n) is 10.0. The lowest BCUT2D eigenvalue weighted by Gasteiger charge is -2.33. The first-order chi connectivity index (χ1) is 15.8. The zero-order valence-corrected chi connectivity index (χ0v) is 20.2. The summed E-state index contributed by atoms with van der Waals surface area (Å²) in [7, 11) is -3.69. The molecule has 1 aliphatic rings. The number of anilines is 1. The molecule has 1 saturated heterocycles. The normalized spacial score (nSPS) is 15.3. The third-order valence-electron chi connectivity index (χ3n) is 5.41. The number of fused-ring (bicyclic) bond motifs is 1. The van der Waals surface area contributed by atoms with E-state index in [1.165, 1.54) is 10.4 Å². The van der Waals surface area contributed by atoms with Crippen molar-refractivity contribution < 1.29 is 8.42 Å². The highest BCUT2D eigenvalue weighted by Gasteiger charge is 2.31. The number of benzene rings is 2. The molecule has 2 aromatic heterocycles. The Kier molecular flexibility index (Phi) is 5.92. The minimum absolute atomic E-state index is 0.109. The van der Waals surface area contributed by atoms with Crippen LogP contribution in [0, 0.1) is 0 Å². The number of hydrogen-bond donors (Lipinski definition) is 0. The third-order valence-corrected chi connectivity index (χ3v) is 8.37. The van der Waals surface area contributed by atoms with Crippen molar-refractivity contribution in [1.82, 2.24) is 23.9 Å². The van der Waals surface area contributed by atoms with E-state index in [2.05, 4.69) is 15.1 Å². The largest absolute Gasteiger partial charge is 0.337 e. The Hall–Kier alpha value is -2.43. The molecule has 0 aliphatic carbocycles. The lowest BCUT2D eigenvalue weighted by Crippen LogP contribution is -2.49. The topological polar surface area (TPSA) is 83.7 Å². The summed E-state index contributed by atoms with van der Waals surface area (Å²) in [5, 5.41) is 5.91. The highest BCUT2D eigenvalue weighted by Crippen LogP contribution is 2.31. The van der Waals surface area contributed by atoms with Crippen molar-refractivity contribution in [3.8, 4) is 11.3 Å². The number of halogens is 3. The molecule has 0 bridgehead atoms. The predicted molar refractivity (Wildman–Crippen MR) is 129 cm³/mol. The molecule has 0 N–H and O–H groups in total. The van der Waals surface area contributed by atoms with E-state index in [1.54, 1.807) is 53.2 Å². The molecule has 0 atom stereocenters. The summed E-state index contributed by atoms with van der Waals surface area (Å²) in [5.41, 5.74) is 1.41. The van der Waals surface area contributed by atoms with Crippen LogP contribution in [0.2, 0.25) is 15.1 Å². The van der Waals surface area contributed by atoms with E-state index in [0.717, 1.165) is 0 Å². The van der Waals surface area contributed by atoms with Crippen molar-refractivity contribution in [2.75, 3.05) is 31.1 Å². The predicted octanol–water partition coefficient (Wildman–Crippen LogP) is 4.26. The first kappa shape index (κ1) is 22.4. The van der Waals surface area contributed by atoms with Crippen LogP contribution in [0.25, 0.3) is 17.0 Å². The van der Waals surface area contributed by atoms with Gasteiger partial charge in [0.05, 0.1) is 15.7 Å². The van der Waals surface area contributed by atoms with Crippen LogP contribution < -0.4 is 4.90 Å². The van der Waals surface area contributed by atoms with Crippen LogP contribution in [-0.4, -0.2) is 58.5 Å². The van der Waals surface area contributed by atoms with Gasteiger partial charge in [-0.25, -0.2) is 13.4 Å². The van der Waals surface area contributed by atoms with Gasteiger partial charge < -0.3 is 4.90 Å². The van der Waals surface area contributed by atoms with Crippen molar-refractivity contribution in [2.45, 2.75) is 4.90 Å². The number of rotatable bonds is 4. The fraction of sp³-hybridized carbons (Fsp3) is 0.190. The molecule has 1 aliphatic heterocycles. The molecule has 12 heteroatoms. The highest BCUT2D eigenvalue weighted by molar-refractivity contribution is 7.89. The Bertz CT molecular complexity index is 1450. The lowest BCUT2D eigenvalue weighted by molar-refractivity contribution is 0.382. The molecular weight excluding hydrogens is 507 g/mol. The molecule has 0 saturated carbocycles. The molecule has 3 heterocycles. The van der Waals surface area contributed by atoms with Gasteiger partial charge in [-0.1, -0.05) is 46.9 Å². The molecule has 2 aromatic carbocycles. The zero-order valence-electron chi connectivity index (χ0n) is 17.1. The second-order valence-corrected chi connectivity index (χ2v) is 10.6. The molecule has 0 unspecified atom stereocenters. The molecular formula is C21H17Cl3N6O2S. The molecule has 4 aromatic rings. The second-order valence-electron chi connectivity index (χ2n) is 7.40. The zero-order chi connectivity index (χ0) is 23.2. The van der Waals surface area contributed by atoms with Crippen molar-refractivity contribution in [3.63, 3.8) is 0 Å². The van der Waals surface area contributed by atoms with Crippen LogP contribution in [0.4, 0.5) is 5.95 Å². The van der Waals surface area contributed by atoms with Crippen LogP contribution in [0.1, 0.15) is 0 Å². The average molecular weight is 524 g/mol. The van der Waals surface area contributed by atoms with E-state index in [9.17, 15) is 8.42 Å². The molecule has 8 nitrogen and oxygen atoms in total. The van der Waals surface area contributed by atoms with Gasteiger partial charge >= 0.3 is 0 Å². The van der Waals surface area contributed by atoms with Gasteiger partial charge in [0.1, 0.15) is 4.90 Å². The first-order valence-corrected chi connectivity index (χ1v) is 12.6. The number of hydrogen-bond acceptors (Lipinski definition) is 6. The Morgan fingerprint density at radius 1 is 0.879 bits per heavy atom.